The minimum Gasteiger partial charge on any atom is -0.490 e. The van der Waals surface area contributed by atoms with Crippen molar-refractivity contribution in [3.05, 3.63) is 33.9 Å². The van der Waals surface area contributed by atoms with Crippen LogP contribution >= 0.6 is 0 Å². The summed E-state index contributed by atoms with van der Waals surface area (Å²) in [5.41, 5.74) is 6.19. The van der Waals surface area contributed by atoms with Gasteiger partial charge in [0.05, 0.1) is 18.1 Å². The van der Waals surface area contributed by atoms with Crippen molar-refractivity contribution in [1.29, 1.82) is 0 Å². The van der Waals surface area contributed by atoms with Gasteiger partial charge in [0.25, 0.3) is 0 Å². The number of nitro benzene ring substituents is 1. The Labute approximate surface area is 93.1 Å². The molecule has 1 unspecified atom stereocenters. The molecule has 0 bridgehead atoms. The summed E-state index contributed by atoms with van der Waals surface area (Å²) < 4.78 is 10.1. The number of nitrogens with zero attached hydrogens (tertiary/aromatic N) is 1. The highest BCUT2D eigenvalue weighted by Gasteiger charge is 2.17. The second kappa shape index (κ2) is 5.43. The molecule has 0 heterocycles. The highest BCUT2D eigenvalue weighted by molar-refractivity contribution is 5.48. The Bertz CT molecular complexity index is 377. The normalized spacial score (nSPS) is 12.2. The average Bonchev–Trinajstić information content (AvgIpc) is 2.30. The second-order valence-corrected chi connectivity index (χ2v) is 3.15. The van der Waals surface area contributed by atoms with Gasteiger partial charge in [0.1, 0.15) is 0 Å². The number of nitrogens with two attached hydrogens (primary N) is 1. The van der Waals surface area contributed by atoms with Gasteiger partial charge in [0.2, 0.25) is 0 Å². The lowest BCUT2D eigenvalue weighted by molar-refractivity contribution is -0.385. The molecule has 0 radical (unpaired) electrons. The third kappa shape index (κ3) is 2.47. The summed E-state index contributed by atoms with van der Waals surface area (Å²) >= 11 is 0. The summed E-state index contributed by atoms with van der Waals surface area (Å²) in [5.74, 6) is 0.206. The van der Waals surface area contributed by atoms with E-state index in [0.29, 0.717) is 6.54 Å². The maximum absolute atomic E-state index is 10.7. The molecule has 0 spiro atoms. The van der Waals surface area contributed by atoms with Crippen molar-refractivity contribution in [2.24, 2.45) is 5.73 Å². The van der Waals surface area contributed by atoms with Gasteiger partial charge in [0, 0.05) is 19.7 Å². The van der Waals surface area contributed by atoms with E-state index < -0.39 is 4.92 Å². The molecular formula is C10H14N2O4. The van der Waals surface area contributed by atoms with Crippen LogP contribution in [0.2, 0.25) is 0 Å². The molecule has 0 saturated heterocycles. The average molecular weight is 226 g/mol. The molecule has 0 fully saturated rings. The molecule has 2 N–H and O–H groups in total. The summed E-state index contributed by atoms with van der Waals surface area (Å²) in [4.78, 5) is 10.2. The summed E-state index contributed by atoms with van der Waals surface area (Å²) in [6.45, 7) is 0.303. The number of nitro groups is 1. The molecule has 6 nitrogen and oxygen atoms in total. The van der Waals surface area contributed by atoms with Gasteiger partial charge >= 0.3 is 5.69 Å². The first-order valence-corrected chi connectivity index (χ1v) is 4.69. The van der Waals surface area contributed by atoms with Crippen LogP contribution < -0.4 is 10.5 Å². The molecule has 0 saturated carbocycles. The Balaban J connectivity index is 3.12. The van der Waals surface area contributed by atoms with Gasteiger partial charge in [0.15, 0.2) is 5.75 Å². The first-order valence-electron chi connectivity index (χ1n) is 4.69. The van der Waals surface area contributed by atoms with Gasteiger partial charge in [-0.3, -0.25) is 10.1 Å². The van der Waals surface area contributed by atoms with E-state index in [2.05, 4.69) is 0 Å². The third-order valence-corrected chi connectivity index (χ3v) is 2.27. The van der Waals surface area contributed by atoms with Gasteiger partial charge in [-0.1, -0.05) is 0 Å². The lowest BCUT2D eigenvalue weighted by atomic mass is 10.1. The molecule has 1 aromatic carbocycles. The Morgan fingerprint density at radius 3 is 2.62 bits per heavy atom. The van der Waals surface area contributed by atoms with Crippen LogP contribution in [0.5, 0.6) is 5.75 Å². The molecule has 1 rings (SSSR count). The zero-order valence-corrected chi connectivity index (χ0v) is 9.17. The summed E-state index contributed by atoms with van der Waals surface area (Å²) in [5, 5.41) is 10.7. The monoisotopic (exact) mass is 226 g/mol. The van der Waals surface area contributed by atoms with Gasteiger partial charge in [-0.15, -0.1) is 0 Å². The van der Waals surface area contributed by atoms with E-state index in [4.69, 9.17) is 15.2 Å². The van der Waals surface area contributed by atoms with Gasteiger partial charge in [-0.25, -0.2) is 0 Å². The molecule has 0 aliphatic carbocycles. The van der Waals surface area contributed by atoms with Crippen LogP contribution in [-0.2, 0) is 4.74 Å². The van der Waals surface area contributed by atoms with Crippen LogP contribution in [0, 0.1) is 10.1 Å². The smallest absolute Gasteiger partial charge is 0.310 e. The van der Waals surface area contributed by atoms with E-state index in [0.717, 1.165) is 5.56 Å². The predicted octanol–water partition coefficient (Wildman–Crippen LogP) is 1.25. The maximum Gasteiger partial charge on any atom is 0.310 e. The van der Waals surface area contributed by atoms with Crippen LogP contribution in [0.25, 0.3) is 0 Å². The van der Waals surface area contributed by atoms with E-state index in [-0.39, 0.29) is 17.5 Å². The topological polar surface area (TPSA) is 87.6 Å². The number of rotatable bonds is 5. The number of hydrogen-bond donors (Lipinski definition) is 1. The number of ether oxygens (including phenoxy) is 2. The van der Waals surface area contributed by atoms with Crippen LogP contribution in [-0.4, -0.2) is 25.7 Å². The van der Waals surface area contributed by atoms with Crippen molar-refractivity contribution < 1.29 is 14.4 Å². The van der Waals surface area contributed by atoms with E-state index in [1.807, 2.05) is 0 Å². The van der Waals surface area contributed by atoms with Crippen molar-refractivity contribution in [3.63, 3.8) is 0 Å². The van der Waals surface area contributed by atoms with Crippen molar-refractivity contribution in [1.82, 2.24) is 0 Å². The molecule has 0 amide bonds. The zero-order valence-electron chi connectivity index (χ0n) is 9.17. The fourth-order valence-electron chi connectivity index (χ4n) is 1.41. The Morgan fingerprint density at radius 1 is 1.50 bits per heavy atom. The Morgan fingerprint density at radius 2 is 2.19 bits per heavy atom. The Kier molecular flexibility index (Phi) is 4.21. The van der Waals surface area contributed by atoms with E-state index in [9.17, 15) is 10.1 Å². The molecule has 1 aromatic rings. The number of methoxy groups -OCH3 is 2. The second-order valence-electron chi connectivity index (χ2n) is 3.15. The molecule has 6 heteroatoms. The lowest BCUT2D eigenvalue weighted by Gasteiger charge is -2.13. The van der Waals surface area contributed by atoms with E-state index >= 15 is 0 Å². The largest absolute Gasteiger partial charge is 0.490 e. The van der Waals surface area contributed by atoms with Crippen LogP contribution in [0.3, 0.4) is 0 Å². The summed E-state index contributed by atoms with van der Waals surface area (Å²) in [7, 11) is 2.92. The number of hydrogen-bond acceptors (Lipinski definition) is 5. The predicted molar refractivity (Wildman–Crippen MR) is 58.5 cm³/mol. The Hall–Kier alpha value is -1.66. The highest BCUT2D eigenvalue weighted by atomic mass is 16.6. The standard InChI is InChI=1S/C10H14N2O4/c1-15-9-5-7(10(6-11)16-2)3-4-8(9)12(13)14/h3-5,10H,6,11H2,1-2H3. The van der Waals surface area contributed by atoms with Gasteiger partial charge in [-0.2, -0.15) is 0 Å². The lowest BCUT2D eigenvalue weighted by Crippen LogP contribution is -2.14. The minimum absolute atomic E-state index is 0.0712. The first kappa shape index (κ1) is 12.4. The number of benzene rings is 1. The quantitative estimate of drug-likeness (QED) is 0.603. The van der Waals surface area contributed by atoms with Gasteiger partial charge < -0.3 is 15.2 Å². The molecule has 0 aliphatic rings. The maximum atomic E-state index is 10.7. The summed E-state index contributed by atoms with van der Waals surface area (Å²) in [6, 6.07) is 4.57. The van der Waals surface area contributed by atoms with E-state index in [1.165, 1.54) is 20.3 Å². The van der Waals surface area contributed by atoms with Crippen molar-refractivity contribution in [3.8, 4) is 5.75 Å². The van der Waals surface area contributed by atoms with Crippen LogP contribution in [0.1, 0.15) is 11.7 Å². The van der Waals surface area contributed by atoms with Crippen molar-refractivity contribution >= 4 is 5.69 Å². The first-order chi connectivity index (χ1) is 7.63. The molecular weight excluding hydrogens is 212 g/mol. The van der Waals surface area contributed by atoms with Crippen molar-refractivity contribution in [2.45, 2.75) is 6.10 Å². The zero-order chi connectivity index (χ0) is 12.1. The van der Waals surface area contributed by atoms with Crippen LogP contribution in [0.15, 0.2) is 18.2 Å². The molecule has 0 aromatic heterocycles. The fourth-order valence-corrected chi connectivity index (χ4v) is 1.41. The third-order valence-electron chi connectivity index (χ3n) is 2.27. The van der Waals surface area contributed by atoms with E-state index in [1.54, 1.807) is 12.1 Å². The molecule has 0 aliphatic heterocycles. The van der Waals surface area contributed by atoms with Gasteiger partial charge in [-0.05, 0) is 17.7 Å². The highest BCUT2D eigenvalue weighted by Crippen LogP contribution is 2.30. The van der Waals surface area contributed by atoms with Crippen LogP contribution in [0.4, 0.5) is 5.69 Å². The fraction of sp³-hybridized carbons (Fsp3) is 0.400. The SMILES string of the molecule is COc1cc(C(CN)OC)ccc1[N+](=O)[O-]. The molecule has 88 valence electrons. The van der Waals surface area contributed by atoms with Crippen molar-refractivity contribution in [2.75, 3.05) is 20.8 Å². The molecule has 1 atom stereocenters. The minimum atomic E-state index is -0.493. The summed E-state index contributed by atoms with van der Waals surface area (Å²) in [6.07, 6.45) is -0.283. The molecule has 16 heavy (non-hydrogen) atoms.